The highest BCUT2D eigenvalue weighted by atomic mass is 19.1. The predicted molar refractivity (Wildman–Crippen MR) is 127 cm³/mol. The first kappa shape index (κ1) is 23.7. The van der Waals surface area contributed by atoms with Crippen molar-refractivity contribution in [3.05, 3.63) is 35.4 Å². The number of imidazole rings is 1. The average molecular weight is 495 g/mol. The van der Waals surface area contributed by atoms with E-state index in [1.165, 1.54) is 22.8 Å². The van der Waals surface area contributed by atoms with E-state index in [0.29, 0.717) is 37.6 Å². The van der Waals surface area contributed by atoms with Gasteiger partial charge in [0, 0.05) is 38.8 Å². The monoisotopic (exact) mass is 494 g/mol. The fourth-order valence-corrected chi connectivity index (χ4v) is 4.16. The molecule has 2 aromatic heterocycles. The number of nitriles is 2. The van der Waals surface area contributed by atoms with Gasteiger partial charge in [-0.2, -0.15) is 20.0 Å². The molecular weight excluding hydrogens is 470 g/mol. The number of rotatable bonds is 8. The minimum atomic E-state index is -1.04. The zero-order valence-electron chi connectivity index (χ0n) is 19.3. The van der Waals surface area contributed by atoms with Gasteiger partial charge < -0.3 is 20.6 Å². The minimum Gasteiger partial charge on any atom is -0.389 e. The largest absolute Gasteiger partial charge is 0.389 e. The van der Waals surface area contributed by atoms with E-state index in [2.05, 4.69) is 31.8 Å². The first-order valence-electron chi connectivity index (χ1n) is 11.6. The first-order valence-corrected chi connectivity index (χ1v) is 11.6. The molecule has 0 bridgehead atoms. The van der Waals surface area contributed by atoms with E-state index in [-0.39, 0.29) is 41.2 Å². The Labute approximate surface area is 205 Å². The zero-order valence-corrected chi connectivity index (χ0v) is 19.3. The second-order valence-electron chi connectivity index (χ2n) is 8.88. The number of anilines is 4. The highest BCUT2D eigenvalue weighted by molar-refractivity contribution is 5.70. The van der Waals surface area contributed by atoms with Gasteiger partial charge in [-0.3, -0.25) is 4.90 Å². The molecule has 2 fully saturated rings. The number of aliphatic hydroxyl groups is 1. The van der Waals surface area contributed by atoms with E-state index >= 15 is 4.39 Å². The molecule has 1 atom stereocenters. The molecule has 3 heterocycles. The molecule has 0 amide bonds. The van der Waals surface area contributed by atoms with Gasteiger partial charge in [0.05, 0.1) is 35.3 Å². The smallest absolute Gasteiger partial charge is 0.247 e. The van der Waals surface area contributed by atoms with Crippen LogP contribution in [0.3, 0.4) is 0 Å². The zero-order chi connectivity index (χ0) is 25.2. The second kappa shape index (κ2) is 9.89. The molecule has 1 saturated heterocycles. The van der Waals surface area contributed by atoms with E-state index in [4.69, 9.17) is 0 Å². The van der Waals surface area contributed by atoms with Gasteiger partial charge in [0.2, 0.25) is 5.95 Å². The average Bonchev–Trinajstić information content (AvgIpc) is 3.61. The van der Waals surface area contributed by atoms with E-state index in [1.807, 2.05) is 15.9 Å². The number of piperazine rings is 1. The van der Waals surface area contributed by atoms with Gasteiger partial charge in [-0.25, -0.2) is 13.8 Å². The Bertz CT molecular complexity index is 1350. The van der Waals surface area contributed by atoms with Gasteiger partial charge in [-0.15, -0.1) is 5.10 Å². The fraction of sp³-hybridized carbons (Fsp3) is 0.435. The number of alkyl halides is 1. The van der Waals surface area contributed by atoms with Gasteiger partial charge in [-0.1, -0.05) is 0 Å². The number of halogens is 2. The summed E-state index contributed by atoms with van der Waals surface area (Å²) in [5, 5.41) is 39.0. The van der Waals surface area contributed by atoms with Crippen molar-refractivity contribution in [2.75, 3.05) is 54.9 Å². The topological polar surface area (TPSA) is 141 Å². The Kier molecular flexibility index (Phi) is 6.50. The summed E-state index contributed by atoms with van der Waals surface area (Å²) in [7, 11) is 0. The van der Waals surface area contributed by atoms with E-state index in [1.54, 1.807) is 0 Å². The summed E-state index contributed by atoms with van der Waals surface area (Å²) >= 11 is 0. The highest BCUT2D eigenvalue weighted by Crippen LogP contribution is 2.31. The predicted octanol–water partition coefficient (Wildman–Crippen LogP) is 1.78. The molecule has 0 radical (unpaired) electrons. The third kappa shape index (κ3) is 4.84. The van der Waals surface area contributed by atoms with Crippen molar-refractivity contribution in [3.8, 4) is 12.1 Å². The number of β-amino-alcohol motifs (C(OH)–C–C–N with tert-alkyl or cyclic N) is 1. The molecule has 1 aromatic carbocycles. The molecule has 11 nitrogen and oxygen atoms in total. The number of benzene rings is 1. The summed E-state index contributed by atoms with van der Waals surface area (Å²) in [6.45, 7) is 1.33. The molecule has 1 unspecified atom stereocenters. The van der Waals surface area contributed by atoms with Crippen molar-refractivity contribution < 1.29 is 13.9 Å². The lowest BCUT2D eigenvalue weighted by Gasteiger charge is -2.37. The van der Waals surface area contributed by atoms with Crippen LogP contribution in [0.15, 0.2) is 18.3 Å². The second-order valence-corrected chi connectivity index (χ2v) is 8.88. The number of fused-ring (bicyclic) bond motifs is 1. The van der Waals surface area contributed by atoms with Crippen LogP contribution in [0, 0.1) is 28.5 Å². The number of hydrogen-bond acceptors (Lipinski definition) is 10. The summed E-state index contributed by atoms with van der Waals surface area (Å²) in [6.07, 6.45) is 2.34. The van der Waals surface area contributed by atoms with E-state index in [9.17, 15) is 20.0 Å². The molecule has 1 aliphatic carbocycles. The van der Waals surface area contributed by atoms with Gasteiger partial charge >= 0.3 is 0 Å². The molecule has 2 aliphatic rings. The molecule has 1 saturated carbocycles. The SMILES string of the molecule is N#Cc1cc(Nc2nc(NC3CC3)c3ncc(C#N)n3n2)c(F)c(N2CCN(CC(O)CF)CC2)c1. The summed E-state index contributed by atoms with van der Waals surface area (Å²) in [4.78, 5) is 12.4. The van der Waals surface area contributed by atoms with Gasteiger partial charge in [-0.05, 0) is 25.0 Å². The molecule has 186 valence electrons. The maximum Gasteiger partial charge on any atom is 0.247 e. The molecule has 5 rings (SSSR count). The lowest BCUT2D eigenvalue weighted by molar-refractivity contribution is 0.0870. The van der Waals surface area contributed by atoms with Crippen molar-refractivity contribution in [1.82, 2.24) is 24.5 Å². The molecular formula is C23H24F2N10O. The molecule has 0 spiro atoms. The Morgan fingerprint density at radius 2 is 1.94 bits per heavy atom. The van der Waals surface area contributed by atoms with Crippen molar-refractivity contribution in [1.29, 1.82) is 10.5 Å². The van der Waals surface area contributed by atoms with Crippen LogP contribution in [0.5, 0.6) is 0 Å². The van der Waals surface area contributed by atoms with Crippen molar-refractivity contribution in [2.24, 2.45) is 0 Å². The van der Waals surface area contributed by atoms with E-state index in [0.717, 1.165) is 12.8 Å². The van der Waals surface area contributed by atoms with Crippen LogP contribution < -0.4 is 15.5 Å². The number of aromatic nitrogens is 4. The number of nitrogens with one attached hydrogen (secondary N) is 2. The summed E-state index contributed by atoms with van der Waals surface area (Å²) < 4.78 is 29.7. The van der Waals surface area contributed by atoms with Crippen LogP contribution >= 0.6 is 0 Å². The standard InChI is InChI=1S/C23H24F2N10O/c24-9-17(36)13-33-3-5-34(6-4-33)19-8-14(10-26)7-18(20(19)25)30-23-31-21(29-15-1-2-15)22-28-12-16(11-27)35(22)32-23/h7-8,12,15,17,36H,1-6,9,13H2,(H2,29,30,31,32). The lowest BCUT2D eigenvalue weighted by Crippen LogP contribution is -2.49. The first-order chi connectivity index (χ1) is 17.5. The Morgan fingerprint density at radius 3 is 2.61 bits per heavy atom. The normalized spacial score (nSPS) is 17.0. The van der Waals surface area contributed by atoms with Crippen LogP contribution in [0.2, 0.25) is 0 Å². The molecule has 13 heteroatoms. The molecule has 3 aromatic rings. The number of aliphatic hydroxyl groups excluding tert-OH is 1. The van der Waals surface area contributed by atoms with Gasteiger partial charge in [0.1, 0.15) is 12.7 Å². The minimum absolute atomic E-state index is 0.0228. The number of nitrogens with zero attached hydrogens (tertiary/aromatic N) is 8. The fourth-order valence-electron chi connectivity index (χ4n) is 4.16. The van der Waals surface area contributed by atoms with Crippen LogP contribution in [0.25, 0.3) is 5.65 Å². The van der Waals surface area contributed by atoms with Crippen LogP contribution in [-0.4, -0.2) is 81.1 Å². The third-order valence-electron chi connectivity index (χ3n) is 6.18. The van der Waals surface area contributed by atoms with Gasteiger partial charge in [0.25, 0.3) is 0 Å². The molecule has 1 aliphatic heterocycles. The Morgan fingerprint density at radius 1 is 1.17 bits per heavy atom. The summed E-state index contributed by atoms with van der Waals surface area (Å²) in [6, 6.07) is 7.22. The highest BCUT2D eigenvalue weighted by Gasteiger charge is 2.26. The molecule has 3 N–H and O–H groups in total. The summed E-state index contributed by atoms with van der Waals surface area (Å²) in [5.74, 6) is -0.0944. The quantitative estimate of drug-likeness (QED) is 0.424. The maximum absolute atomic E-state index is 15.7. The van der Waals surface area contributed by atoms with Crippen LogP contribution in [0.4, 0.5) is 31.9 Å². The van der Waals surface area contributed by atoms with Crippen molar-refractivity contribution in [2.45, 2.75) is 25.0 Å². The van der Waals surface area contributed by atoms with E-state index < -0.39 is 18.6 Å². The lowest BCUT2D eigenvalue weighted by atomic mass is 10.1. The van der Waals surface area contributed by atoms with Crippen molar-refractivity contribution in [3.63, 3.8) is 0 Å². The molecule has 36 heavy (non-hydrogen) atoms. The Hall–Kier alpha value is -4.07. The maximum atomic E-state index is 15.7. The van der Waals surface area contributed by atoms with Crippen LogP contribution in [0.1, 0.15) is 24.1 Å². The third-order valence-corrected chi connectivity index (χ3v) is 6.18. The van der Waals surface area contributed by atoms with Crippen LogP contribution in [-0.2, 0) is 0 Å². The Balaban J connectivity index is 1.43. The summed E-state index contributed by atoms with van der Waals surface area (Å²) in [5.41, 5.74) is 1.13. The number of hydrogen-bond donors (Lipinski definition) is 3. The van der Waals surface area contributed by atoms with Crippen molar-refractivity contribution >= 4 is 28.8 Å². The van der Waals surface area contributed by atoms with Gasteiger partial charge in [0.15, 0.2) is 23.0 Å².